The maximum atomic E-state index is 6.91. The van der Waals surface area contributed by atoms with Crippen LogP contribution in [-0.4, -0.2) is 19.5 Å². The Kier molecular flexibility index (Phi) is 11.7. The van der Waals surface area contributed by atoms with Gasteiger partial charge in [0.1, 0.15) is 5.58 Å². The van der Waals surface area contributed by atoms with Crippen LogP contribution in [0, 0.1) is 12.1 Å². The maximum absolute atomic E-state index is 6.91. The number of imidazole rings is 1. The van der Waals surface area contributed by atoms with Crippen molar-refractivity contribution in [3.63, 3.8) is 0 Å². The van der Waals surface area contributed by atoms with Crippen LogP contribution in [-0.2, 0) is 25.5 Å². The van der Waals surface area contributed by atoms with Crippen LogP contribution < -0.4 is 0 Å². The SMILES string of the molecule is CC(C)(C)c1ccnc(-c2[c-]cccc2)n1.CC(C)c1cc(-c2ccccc2)cc(C(C)C)c1-n1c(-c2[c-]ccc3c2oc2c3ccc3c4ccccc4oc32)nc2ccc3ccccc3c21.[Ir]. The molecule has 0 aliphatic heterocycles. The van der Waals surface area contributed by atoms with Gasteiger partial charge in [-0.25, -0.2) is 0 Å². The smallest absolute Gasteiger partial charge is 0.177 e. The molecule has 0 spiro atoms. The monoisotopic (exact) mass is 1060 g/mol. The quantitative estimate of drug-likeness (QED) is 0.155. The van der Waals surface area contributed by atoms with Gasteiger partial charge in [0, 0.05) is 64.6 Å². The number of para-hydroxylation sites is 1. The first-order valence-corrected chi connectivity index (χ1v) is 23.2. The van der Waals surface area contributed by atoms with Crippen LogP contribution in [0.2, 0.25) is 0 Å². The molecule has 0 saturated heterocycles. The van der Waals surface area contributed by atoms with E-state index >= 15 is 0 Å². The van der Waals surface area contributed by atoms with Crippen molar-refractivity contribution < 1.29 is 28.9 Å². The molecule has 0 unspecified atom stereocenters. The molecule has 4 heterocycles. The van der Waals surface area contributed by atoms with E-state index in [1.807, 2.05) is 60.8 Å². The molecule has 68 heavy (non-hydrogen) atoms. The predicted molar refractivity (Wildman–Crippen MR) is 276 cm³/mol. The molecule has 337 valence electrons. The predicted octanol–water partition coefficient (Wildman–Crippen LogP) is 16.6. The molecule has 0 saturated carbocycles. The zero-order valence-corrected chi connectivity index (χ0v) is 41.6. The van der Waals surface area contributed by atoms with Crippen molar-refractivity contribution in [3.05, 3.63) is 193 Å². The molecule has 8 aromatic carbocycles. The summed E-state index contributed by atoms with van der Waals surface area (Å²) in [6, 6.07) is 61.4. The third kappa shape index (κ3) is 7.80. The van der Waals surface area contributed by atoms with E-state index < -0.39 is 0 Å². The van der Waals surface area contributed by atoms with Gasteiger partial charge in [-0.2, -0.15) is 0 Å². The Morgan fingerprint density at radius 3 is 1.94 bits per heavy atom. The average Bonchev–Trinajstić information content (AvgIpc) is 4.06. The van der Waals surface area contributed by atoms with Gasteiger partial charge >= 0.3 is 0 Å². The van der Waals surface area contributed by atoms with Crippen LogP contribution in [0.15, 0.2) is 173 Å². The molecule has 0 N–H and O–H groups in total. The summed E-state index contributed by atoms with van der Waals surface area (Å²) in [5.74, 6) is 2.04. The molecule has 4 aromatic heterocycles. The Morgan fingerprint density at radius 1 is 0.559 bits per heavy atom. The topological polar surface area (TPSA) is 69.9 Å². The van der Waals surface area contributed by atoms with Crippen molar-refractivity contribution in [2.45, 2.75) is 65.7 Å². The van der Waals surface area contributed by atoms with E-state index in [9.17, 15) is 0 Å². The Bertz CT molecular complexity index is 3770. The Balaban J connectivity index is 0.000000270. The van der Waals surface area contributed by atoms with Crippen LogP contribution in [0.3, 0.4) is 0 Å². The zero-order chi connectivity index (χ0) is 46.0. The van der Waals surface area contributed by atoms with Gasteiger partial charge < -0.3 is 13.4 Å². The van der Waals surface area contributed by atoms with Gasteiger partial charge in [0.05, 0.1) is 28.3 Å². The minimum atomic E-state index is 0. The summed E-state index contributed by atoms with van der Waals surface area (Å²) < 4.78 is 15.8. The van der Waals surface area contributed by atoms with Crippen LogP contribution in [0.5, 0.6) is 0 Å². The van der Waals surface area contributed by atoms with E-state index in [-0.39, 0.29) is 37.4 Å². The Labute approximate surface area is 410 Å². The van der Waals surface area contributed by atoms with Gasteiger partial charge in [0.2, 0.25) is 0 Å². The first-order chi connectivity index (χ1) is 32.5. The van der Waals surface area contributed by atoms with E-state index in [1.165, 1.54) is 33.3 Å². The minimum absolute atomic E-state index is 0. The average molecular weight is 1060 g/mol. The maximum Gasteiger partial charge on any atom is 0.177 e. The third-order valence-electron chi connectivity index (χ3n) is 12.8. The van der Waals surface area contributed by atoms with Crippen molar-refractivity contribution in [2.24, 2.45) is 0 Å². The summed E-state index contributed by atoms with van der Waals surface area (Å²) >= 11 is 0. The molecule has 1 radical (unpaired) electrons. The fraction of sp³-hybridized carbons (Fsp3) is 0.164. The van der Waals surface area contributed by atoms with Crippen molar-refractivity contribution in [2.75, 3.05) is 0 Å². The Morgan fingerprint density at radius 2 is 1.22 bits per heavy atom. The summed E-state index contributed by atoms with van der Waals surface area (Å²) in [5.41, 5.74) is 14.1. The van der Waals surface area contributed by atoms with E-state index in [0.29, 0.717) is 0 Å². The number of hydrogen-bond acceptors (Lipinski definition) is 5. The number of nitrogens with zero attached hydrogens (tertiary/aromatic N) is 4. The summed E-state index contributed by atoms with van der Waals surface area (Å²) in [6.07, 6.45) is 1.81. The zero-order valence-electron chi connectivity index (χ0n) is 39.2. The number of aromatic nitrogens is 4. The number of benzene rings is 8. The third-order valence-corrected chi connectivity index (χ3v) is 12.8. The van der Waals surface area contributed by atoms with E-state index in [0.717, 1.165) is 88.8 Å². The number of furan rings is 2. The van der Waals surface area contributed by atoms with Gasteiger partial charge in [-0.15, -0.1) is 54.1 Å². The molecular formula is C61H50IrN4O2-2. The van der Waals surface area contributed by atoms with Gasteiger partial charge in [-0.3, -0.25) is 15.0 Å². The van der Waals surface area contributed by atoms with Crippen molar-refractivity contribution in [1.29, 1.82) is 0 Å². The minimum Gasteiger partial charge on any atom is -0.497 e. The van der Waals surface area contributed by atoms with Crippen LogP contribution in [0.4, 0.5) is 0 Å². The molecule has 12 aromatic rings. The largest absolute Gasteiger partial charge is 0.497 e. The molecule has 7 heteroatoms. The fourth-order valence-electron chi connectivity index (χ4n) is 9.43. The Hall–Kier alpha value is -7.18. The number of rotatable bonds is 6. The van der Waals surface area contributed by atoms with E-state index in [4.69, 9.17) is 13.8 Å². The molecule has 0 amide bonds. The van der Waals surface area contributed by atoms with Crippen molar-refractivity contribution in [3.8, 4) is 39.6 Å². The molecular weight excluding hydrogens is 1010 g/mol. The second-order valence-corrected chi connectivity index (χ2v) is 19.0. The second kappa shape index (κ2) is 17.8. The summed E-state index contributed by atoms with van der Waals surface area (Å²) in [4.78, 5) is 14.3. The van der Waals surface area contributed by atoms with Gasteiger partial charge in [0.15, 0.2) is 11.2 Å². The molecule has 12 rings (SSSR count). The molecule has 0 bridgehead atoms. The summed E-state index contributed by atoms with van der Waals surface area (Å²) in [5, 5.41) is 6.48. The van der Waals surface area contributed by atoms with E-state index in [2.05, 4.69) is 178 Å². The summed E-state index contributed by atoms with van der Waals surface area (Å²) in [7, 11) is 0. The van der Waals surface area contributed by atoms with E-state index in [1.54, 1.807) is 0 Å². The fourth-order valence-corrected chi connectivity index (χ4v) is 9.43. The first-order valence-electron chi connectivity index (χ1n) is 23.2. The standard InChI is InChI=1S/C47H35N2O2.C14H15N2.Ir/c1-27(2)38-25-31(29-13-6-5-7-14-29)26-39(28(3)4)42(38)49-43-32-16-9-8-15-30(32)21-24-40(43)48-47(49)37-19-12-18-34-36-23-22-35-33-17-10-11-20-41(33)50-45(35)46(36)51-44(34)37;1-14(2,3)12-9-10-15-13(16-12)11-7-5-4-6-8-11;/h5-18,20-28H,1-4H3;4-7,9-10H,1-3H3;/q2*-1;. The first kappa shape index (κ1) is 44.6. The summed E-state index contributed by atoms with van der Waals surface area (Å²) in [6.45, 7) is 15.6. The second-order valence-electron chi connectivity index (χ2n) is 19.0. The number of fused-ring (bicyclic) bond motifs is 10. The number of hydrogen-bond donors (Lipinski definition) is 0. The van der Waals surface area contributed by atoms with Crippen LogP contribution >= 0.6 is 0 Å². The van der Waals surface area contributed by atoms with Gasteiger partial charge in [-0.1, -0.05) is 144 Å². The van der Waals surface area contributed by atoms with Crippen LogP contribution in [0.25, 0.3) is 105 Å². The molecule has 0 fully saturated rings. The normalized spacial score (nSPS) is 11.9. The molecule has 6 nitrogen and oxygen atoms in total. The molecule has 0 aliphatic carbocycles. The van der Waals surface area contributed by atoms with Gasteiger partial charge in [-0.05, 0) is 75.9 Å². The molecule has 0 aliphatic rings. The van der Waals surface area contributed by atoms with Crippen LogP contribution in [0.1, 0.15) is 77.1 Å². The van der Waals surface area contributed by atoms with Gasteiger partial charge in [0.25, 0.3) is 0 Å². The van der Waals surface area contributed by atoms with Crippen molar-refractivity contribution in [1.82, 2.24) is 19.5 Å². The van der Waals surface area contributed by atoms with Crippen molar-refractivity contribution >= 4 is 65.7 Å². The molecule has 0 atom stereocenters.